The Hall–Kier alpha value is -1.48. The zero-order chi connectivity index (χ0) is 12.4. The summed E-state index contributed by atoms with van der Waals surface area (Å²) in [5, 5.41) is 0. The summed E-state index contributed by atoms with van der Waals surface area (Å²) in [4.78, 5) is 7.71. The maximum atomic E-state index is 5.25. The highest BCUT2D eigenvalue weighted by Gasteiger charge is 2.03. The van der Waals surface area contributed by atoms with Gasteiger partial charge in [0.05, 0.1) is 0 Å². The van der Waals surface area contributed by atoms with Crippen LogP contribution < -0.4 is 0 Å². The van der Waals surface area contributed by atoms with E-state index < -0.39 is 0 Å². The van der Waals surface area contributed by atoms with Gasteiger partial charge in [-0.15, -0.1) is 0 Å². The molecule has 0 saturated carbocycles. The molecule has 0 aliphatic carbocycles. The van der Waals surface area contributed by atoms with E-state index in [9.17, 15) is 0 Å². The Morgan fingerprint density at radius 1 is 1.18 bits per heavy atom. The third-order valence-corrected chi connectivity index (χ3v) is 3.44. The summed E-state index contributed by atoms with van der Waals surface area (Å²) in [5.41, 5.74) is 4.54. The highest BCUT2D eigenvalue weighted by molar-refractivity contribution is 7.71. The molecule has 0 spiro atoms. The molecule has 0 aliphatic rings. The number of aryl methyl sites for hydroxylation is 2. The molecular weight excluding hydrogens is 228 g/mol. The third-order valence-electron chi connectivity index (χ3n) is 3.04. The molecule has 2 nitrogen and oxygen atoms in total. The lowest BCUT2D eigenvalue weighted by molar-refractivity contribution is 1.06. The predicted octanol–water partition coefficient (Wildman–Crippen LogP) is 3.99. The van der Waals surface area contributed by atoms with Crippen LogP contribution in [0.5, 0.6) is 0 Å². The van der Waals surface area contributed by atoms with Crippen molar-refractivity contribution in [1.29, 1.82) is 0 Å². The quantitative estimate of drug-likeness (QED) is 0.809. The van der Waals surface area contributed by atoms with Gasteiger partial charge in [0.2, 0.25) is 0 Å². The van der Waals surface area contributed by atoms with Gasteiger partial charge in [-0.2, -0.15) is 0 Å². The number of aromatic nitrogens is 2. The molecule has 3 heteroatoms. The molecule has 1 aromatic heterocycles. The zero-order valence-electron chi connectivity index (χ0n) is 10.4. The van der Waals surface area contributed by atoms with Crippen molar-refractivity contribution in [3.8, 4) is 11.4 Å². The van der Waals surface area contributed by atoms with Crippen molar-refractivity contribution >= 4 is 12.2 Å². The predicted molar refractivity (Wildman–Crippen MR) is 73.7 cm³/mol. The molecule has 1 aromatic carbocycles. The lowest BCUT2D eigenvalue weighted by atomic mass is 10.1. The average molecular weight is 244 g/mol. The standard InChI is InChI=1S/C14H16N2S/c1-4-11-5-7-12(8-6-11)13-15-10(3)9(2)14(17)16-13/h5-8H,4H2,1-3H3,(H,15,16,17). The summed E-state index contributed by atoms with van der Waals surface area (Å²) in [5.74, 6) is 0.848. The second-order valence-electron chi connectivity index (χ2n) is 4.19. The van der Waals surface area contributed by atoms with E-state index >= 15 is 0 Å². The first-order valence-corrected chi connectivity index (χ1v) is 6.19. The summed E-state index contributed by atoms with van der Waals surface area (Å²) in [6.07, 6.45) is 1.05. The van der Waals surface area contributed by atoms with Gasteiger partial charge in [-0.05, 0) is 25.8 Å². The number of benzene rings is 1. The first kappa shape index (κ1) is 12.0. The summed E-state index contributed by atoms with van der Waals surface area (Å²) in [6, 6.07) is 8.43. The molecular formula is C14H16N2S. The van der Waals surface area contributed by atoms with Crippen LogP contribution in [0.25, 0.3) is 11.4 Å². The van der Waals surface area contributed by atoms with E-state index in [4.69, 9.17) is 12.2 Å². The van der Waals surface area contributed by atoms with Crippen LogP contribution in [0.2, 0.25) is 0 Å². The van der Waals surface area contributed by atoms with Crippen LogP contribution >= 0.6 is 12.2 Å². The largest absolute Gasteiger partial charge is 0.343 e. The molecule has 0 saturated heterocycles. The van der Waals surface area contributed by atoms with E-state index in [-0.39, 0.29) is 0 Å². The molecule has 0 amide bonds. The lowest BCUT2D eigenvalue weighted by Gasteiger charge is -2.06. The second-order valence-corrected chi connectivity index (χ2v) is 4.58. The second kappa shape index (κ2) is 4.80. The number of H-pyrrole nitrogens is 1. The summed E-state index contributed by atoms with van der Waals surface area (Å²) < 4.78 is 0.677. The number of hydrogen-bond donors (Lipinski definition) is 1. The van der Waals surface area contributed by atoms with Crippen molar-refractivity contribution in [3.05, 3.63) is 45.7 Å². The third kappa shape index (κ3) is 2.44. The molecule has 0 fully saturated rings. The minimum Gasteiger partial charge on any atom is -0.343 e. The molecule has 0 aliphatic heterocycles. The Balaban J connectivity index is 2.49. The zero-order valence-corrected chi connectivity index (χ0v) is 11.2. The molecule has 1 heterocycles. The molecule has 0 unspecified atom stereocenters. The van der Waals surface area contributed by atoms with Crippen LogP contribution in [0.1, 0.15) is 23.7 Å². The first-order chi connectivity index (χ1) is 8.11. The average Bonchev–Trinajstić information content (AvgIpc) is 2.35. The van der Waals surface area contributed by atoms with Crippen LogP contribution in [-0.2, 0) is 6.42 Å². The van der Waals surface area contributed by atoms with Gasteiger partial charge in [0.25, 0.3) is 0 Å². The van der Waals surface area contributed by atoms with E-state index in [0.29, 0.717) is 4.64 Å². The van der Waals surface area contributed by atoms with Crippen LogP contribution in [0.3, 0.4) is 0 Å². The summed E-state index contributed by atoms with van der Waals surface area (Å²) in [6.45, 7) is 6.17. The molecule has 2 rings (SSSR count). The van der Waals surface area contributed by atoms with E-state index in [1.807, 2.05) is 13.8 Å². The minimum atomic E-state index is 0.677. The smallest absolute Gasteiger partial charge is 0.139 e. The van der Waals surface area contributed by atoms with Crippen molar-refractivity contribution in [2.75, 3.05) is 0 Å². The fourth-order valence-corrected chi connectivity index (χ4v) is 1.92. The van der Waals surface area contributed by atoms with Crippen LogP contribution in [-0.4, -0.2) is 9.97 Å². The van der Waals surface area contributed by atoms with E-state index in [2.05, 4.69) is 41.2 Å². The van der Waals surface area contributed by atoms with E-state index in [0.717, 1.165) is 29.1 Å². The van der Waals surface area contributed by atoms with Gasteiger partial charge in [0.1, 0.15) is 10.5 Å². The molecule has 17 heavy (non-hydrogen) atoms. The Labute approximate surface area is 107 Å². The maximum Gasteiger partial charge on any atom is 0.139 e. The van der Waals surface area contributed by atoms with Crippen molar-refractivity contribution in [1.82, 2.24) is 9.97 Å². The fourth-order valence-electron chi connectivity index (χ4n) is 1.68. The Kier molecular flexibility index (Phi) is 3.38. The van der Waals surface area contributed by atoms with Gasteiger partial charge in [-0.3, -0.25) is 0 Å². The van der Waals surface area contributed by atoms with Gasteiger partial charge < -0.3 is 4.98 Å². The fraction of sp³-hybridized carbons (Fsp3) is 0.286. The molecule has 0 atom stereocenters. The van der Waals surface area contributed by atoms with Crippen molar-refractivity contribution in [3.63, 3.8) is 0 Å². The Morgan fingerprint density at radius 3 is 2.35 bits per heavy atom. The van der Waals surface area contributed by atoms with Crippen molar-refractivity contribution in [2.45, 2.75) is 27.2 Å². The topological polar surface area (TPSA) is 28.7 Å². The Bertz CT molecular complexity index is 582. The van der Waals surface area contributed by atoms with E-state index in [1.165, 1.54) is 5.56 Å². The maximum absolute atomic E-state index is 5.25. The molecule has 2 aromatic rings. The van der Waals surface area contributed by atoms with Gasteiger partial charge >= 0.3 is 0 Å². The molecule has 0 bridgehead atoms. The van der Waals surface area contributed by atoms with Crippen LogP contribution in [0.15, 0.2) is 24.3 Å². The van der Waals surface area contributed by atoms with Gasteiger partial charge in [0.15, 0.2) is 0 Å². The first-order valence-electron chi connectivity index (χ1n) is 5.78. The summed E-state index contributed by atoms with van der Waals surface area (Å²) >= 11 is 5.25. The van der Waals surface area contributed by atoms with Crippen molar-refractivity contribution in [2.24, 2.45) is 0 Å². The SMILES string of the molecule is CCc1ccc(-c2nc(=S)c(C)c(C)[nH]2)cc1. The monoisotopic (exact) mass is 244 g/mol. The van der Waals surface area contributed by atoms with Crippen LogP contribution in [0, 0.1) is 18.5 Å². The normalized spacial score (nSPS) is 10.5. The summed E-state index contributed by atoms with van der Waals surface area (Å²) in [7, 11) is 0. The number of hydrogen-bond acceptors (Lipinski definition) is 2. The lowest BCUT2D eigenvalue weighted by Crippen LogP contribution is -1.96. The Morgan fingerprint density at radius 2 is 1.82 bits per heavy atom. The van der Waals surface area contributed by atoms with E-state index in [1.54, 1.807) is 0 Å². The van der Waals surface area contributed by atoms with Crippen molar-refractivity contribution < 1.29 is 0 Å². The number of nitrogens with one attached hydrogen (secondary N) is 1. The number of rotatable bonds is 2. The number of aromatic amines is 1. The van der Waals surface area contributed by atoms with Gasteiger partial charge in [0, 0.05) is 16.8 Å². The minimum absolute atomic E-state index is 0.677. The highest BCUT2D eigenvalue weighted by Crippen LogP contribution is 2.17. The molecule has 88 valence electrons. The molecule has 1 N–H and O–H groups in total. The van der Waals surface area contributed by atoms with Gasteiger partial charge in [-0.1, -0.05) is 43.4 Å². The molecule has 0 radical (unpaired) electrons. The number of nitrogens with zero attached hydrogens (tertiary/aromatic N) is 1. The van der Waals surface area contributed by atoms with Gasteiger partial charge in [-0.25, -0.2) is 4.98 Å². The van der Waals surface area contributed by atoms with Crippen LogP contribution in [0.4, 0.5) is 0 Å². The highest BCUT2D eigenvalue weighted by atomic mass is 32.1.